The first-order valence-corrected chi connectivity index (χ1v) is 10.2. The summed E-state index contributed by atoms with van der Waals surface area (Å²) in [6.45, 7) is 0.715. The van der Waals surface area contributed by atoms with Gasteiger partial charge >= 0.3 is 0 Å². The highest BCUT2D eigenvalue weighted by atomic mass is 16.5. The van der Waals surface area contributed by atoms with Crippen LogP contribution in [-0.4, -0.2) is 35.6 Å². The number of likely N-dealkylation sites (N-methyl/N-ethyl adjacent to an activating group) is 1. The van der Waals surface area contributed by atoms with Crippen LogP contribution in [-0.2, 0) is 17.6 Å². The molecule has 3 aromatic rings. The summed E-state index contributed by atoms with van der Waals surface area (Å²) < 4.78 is 5.44. The maximum Gasteiger partial charge on any atom is 0.239 e. The van der Waals surface area contributed by atoms with Crippen molar-refractivity contribution >= 4 is 5.91 Å². The lowest BCUT2D eigenvalue weighted by molar-refractivity contribution is -0.131. The Balaban J connectivity index is 1.35. The number of benzene rings is 2. The second kappa shape index (κ2) is 10.6. The summed E-state index contributed by atoms with van der Waals surface area (Å²) in [5, 5.41) is 4.15. The van der Waals surface area contributed by atoms with Gasteiger partial charge in [0.1, 0.15) is 11.5 Å². The van der Waals surface area contributed by atoms with Gasteiger partial charge in [-0.1, -0.05) is 72.2 Å². The lowest BCUT2D eigenvalue weighted by Crippen LogP contribution is -2.43. The second-order valence-electron chi connectivity index (χ2n) is 7.41. The molecule has 2 N–H and O–H groups in total. The Morgan fingerprint density at radius 3 is 2.45 bits per heavy atom. The molecule has 152 valence electrons. The van der Waals surface area contributed by atoms with Gasteiger partial charge in [0.25, 0.3) is 0 Å². The number of amides is 1. The molecule has 0 aliphatic carbocycles. The van der Waals surface area contributed by atoms with Gasteiger partial charge in [0.05, 0.1) is 6.04 Å². The molecule has 0 unspecified atom stereocenters. The molecule has 0 aliphatic rings. The Morgan fingerprint density at radius 2 is 1.72 bits per heavy atom. The van der Waals surface area contributed by atoms with E-state index in [9.17, 15) is 4.79 Å². The molecular weight excluding hydrogens is 362 g/mol. The Bertz CT molecular complexity index is 877. The van der Waals surface area contributed by atoms with E-state index in [1.54, 1.807) is 4.90 Å². The van der Waals surface area contributed by atoms with Gasteiger partial charge in [0, 0.05) is 31.6 Å². The zero-order valence-corrected chi connectivity index (χ0v) is 17.0. The Hall–Kier alpha value is -2.92. The van der Waals surface area contributed by atoms with Crippen molar-refractivity contribution in [3.8, 4) is 11.3 Å². The Labute approximate surface area is 172 Å². The molecule has 29 heavy (non-hydrogen) atoms. The van der Waals surface area contributed by atoms with Gasteiger partial charge in [0.2, 0.25) is 5.91 Å². The van der Waals surface area contributed by atoms with Gasteiger partial charge in [-0.2, -0.15) is 0 Å². The fourth-order valence-corrected chi connectivity index (χ4v) is 3.35. The molecule has 0 saturated carbocycles. The van der Waals surface area contributed by atoms with Crippen LogP contribution < -0.4 is 5.73 Å². The average molecular weight is 392 g/mol. The predicted octanol–water partition coefficient (Wildman–Crippen LogP) is 4.08. The van der Waals surface area contributed by atoms with E-state index in [0.29, 0.717) is 13.0 Å². The van der Waals surface area contributed by atoms with E-state index in [2.05, 4.69) is 5.16 Å². The normalized spacial score (nSPS) is 11.9. The molecule has 0 radical (unpaired) electrons. The predicted molar refractivity (Wildman–Crippen MR) is 115 cm³/mol. The number of unbranched alkanes of at least 4 members (excludes halogenated alkanes) is 2. The maximum atomic E-state index is 12.4. The number of carbonyl (C=O) groups excluding carboxylic acids is 1. The molecular formula is C24H29N3O2. The van der Waals surface area contributed by atoms with Crippen LogP contribution in [0.25, 0.3) is 11.3 Å². The molecule has 1 amide bonds. The topological polar surface area (TPSA) is 72.4 Å². The summed E-state index contributed by atoms with van der Waals surface area (Å²) in [4.78, 5) is 14.2. The molecule has 0 saturated heterocycles. The van der Waals surface area contributed by atoms with Gasteiger partial charge < -0.3 is 15.2 Å². The fourth-order valence-electron chi connectivity index (χ4n) is 3.35. The minimum absolute atomic E-state index is 0.00316. The molecule has 5 heteroatoms. The first kappa shape index (κ1) is 20.8. The molecule has 0 bridgehead atoms. The number of hydrogen-bond acceptors (Lipinski definition) is 4. The maximum absolute atomic E-state index is 12.4. The van der Waals surface area contributed by atoms with Gasteiger partial charge in [-0.25, -0.2) is 0 Å². The van der Waals surface area contributed by atoms with Gasteiger partial charge in [-0.05, 0) is 24.8 Å². The summed E-state index contributed by atoms with van der Waals surface area (Å²) in [5.41, 5.74) is 9.12. The van der Waals surface area contributed by atoms with Crippen LogP contribution in [0, 0.1) is 0 Å². The first-order chi connectivity index (χ1) is 14.1. The third-order valence-corrected chi connectivity index (χ3v) is 5.04. The number of nitrogens with zero attached hydrogens (tertiary/aromatic N) is 2. The van der Waals surface area contributed by atoms with Gasteiger partial charge in [-0.3, -0.25) is 4.79 Å². The standard InChI is InChI=1S/C24H29N3O2/c1-27(24(28)22(25)17-19-11-5-2-6-12-19)16-10-4-9-15-21-18-23(26-29-21)20-13-7-3-8-14-20/h2-3,5-8,11-14,18,22H,4,9-10,15-17,25H2,1H3/t22-/m0/s1. The number of aromatic nitrogens is 1. The molecule has 2 aromatic carbocycles. The summed E-state index contributed by atoms with van der Waals surface area (Å²) in [6, 6.07) is 21.4. The Morgan fingerprint density at radius 1 is 1.03 bits per heavy atom. The van der Waals surface area contributed by atoms with Crippen molar-refractivity contribution in [1.82, 2.24) is 10.1 Å². The van der Waals surface area contributed by atoms with Crippen molar-refractivity contribution in [2.45, 2.75) is 38.1 Å². The van der Waals surface area contributed by atoms with E-state index in [4.69, 9.17) is 10.3 Å². The second-order valence-corrected chi connectivity index (χ2v) is 7.41. The van der Waals surface area contributed by atoms with E-state index in [1.807, 2.05) is 73.8 Å². The third kappa shape index (κ3) is 6.29. The highest BCUT2D eigenvalue weighted by molar-refractivity contribution is 5.81. The summed E-state index contributed by atoms with van der Waals surface area (Å²) in [7, 11) is 1.83. The summed E-state index contributed by atoms with van der Waals surface area (Å²) in [5.74, 6) is 0.898. The number of nitrogens with two attached hydrogens (primary N) is 1. The molecule has 3 rings (SSSR count). The van der Waals surface area contributed by atoms with Gasteiger partial charge in [0.15, 0.2) is 0 Å². The van der Waals surface area contributed by atoms with E-state index in [-0.39, 0.29) is 5.91 Å². The lowest BCUT2D eigenvalue weighted by Gasteiger charge is -2.21. The van der Waals surface area contributed by atoms with Crippen molar-refractivity contribution in [2.75, 3.05) is 13.6 Å². The van der Waals surface area contributed by atoms with E-state index in [1.165, 1.54) is 0 Å². The molecule has 1 atom stereocenters. The van der Waals surface area contributed by atoms with Crippen molar-refractivity contribution in [1.29, 1.82) is 0 Å². The minimum Gasteiger partial charge on any atom is -0.361 e. The number of hydrogen-bond donors (Lipinski definition) is 1. The van der Waals surface area contributed by atoms with Crippen LogP contribution >= 0.6 is 0 Å². The number of carbonyl (C=O) groups is 1. The van der Waals surface area contributed by atoms with Crippen molar-refractivity contribution < 1.29 is 9.32 Å². The minimum atomic E-state index is -0.493. The van der Waals surface area contributed by atoms with Gasteiger partial charge in [-0.15, -0.1) is 0 Å². The molecule has 0 fully saturated rings. The zero-order valence-electron chi connectivity index (χ0n) is 17.0. The number of rotatable bonds is 10. The van der Waals surface area contributed by atoms with Crippen LogP contribution in [0.5, 0.6) is 0 Å². The summed E-state index contributed by atoms with van der Waals surface area (Å²) >= 11 is 0. The average Bonchev–Trinajstić information content (AvgIpc) is 3.23. The van der Waals surface area contributed by atoms with Crippen LogP contribution in [0.15, 0.2) is 71.3 Å². The highest BCUT2D eigenvalue weighted by Gasteiger charge is 2.18. The largest absolute Gasteiger partial charge is 0.361 e. The van der Waals surface area contributed by atoms with Crippen molar-refractivity contribution in [3.63, 3.8) is 0 Å². The van der Waals surface area contributed by atoms with Crippen LogP contribution in [0.4, 0.5) is 0 Å². The van der Waals surface area contributed by atoms with Crippen molar-refractivity contribution in [2.24, 2.45) is 5.73 Å². The van der Waals surface area contributed by atoms with E-state index >= 15 is 0 Å². The molecule has 0 spiro atoms. The quantitative estimate of drug-likeness (QED) is 0.529. The fraction of sp³-hybridized carbons (Fsp3) is 0.333. The zero-order chi connectivity index (χ0) is 20.5. The number of aryl methyl sites for hydroxylation is 1. The van der Waals surface area contributed by atoms with Crippen LogP contribution in [0.1, 0.15) is 30.6 Å². The van der Waals surface area contributed by atoms with Crippen LogP contribution in [0.2, 0.25) is 0 Å². The van der Waals surface area contributed by atoms with E-state index < -0.39 is 6.04 Å². The molecule has 1 heterocycles. The first-order valence-electron chi connectivity index (χ1n) is 10.2. The molecule has 5 nitrogen and oxygen atoms in total. The molecule has 1 aromatic heterocycles. The SMILES string of the molecule is CN(CCCCCc1cc(-c2ccccc2)no1)C(=O)[C@@H](N)Cc1ccccc1. The van der Waals surface area contributed by atoms with Crippen molar-refractivity contribution in [3.05, 3.63) is 78.1 Å². The van der Waals surface area contributed by atoms with E-state index in [0.717, 1.165) is 48.3 Å². The van der Waals surface area contributed by atoms with Crippen LogP contribution in [0.3, 0.4) is 0 Å². The molecule has 0 aliphatic heterocycles. The third-order valence-electron chi connectivity index (χ3n) is 5.04. The highest BCUT2D eigenvalue weighted by Crippen LogP contribution is 2.19. The smallest absolute Gasteiger partial charge is 0.239 e. The summed E-state index contributed by atoms with van der Waals surface area (Å²) in [6.07, 6.45) is 4.39. The Kier molecular flexibility index (Phi) is 7.59. The lowest BCUT2D eigenvalue weighted by atomic mass is 10.1. The monoisotopic (exact) mass is 391 g/mol.